The summed E-state index contributed by atoms with van der Waals surface area (Å²) in [5.74, 6) is 3.80. The normalized spacial score (nSPS) is 28.5. The van der Waals surface area contributed by atoms with Gasteiger partial charge in [-0.05, 0) is 63.1 Å². The van der Waals surface area contributed by atoms with Crippen LogP contribution in [0.4, 0.5) is 26.3 Å². The molecule has 0 aromatic carbocycles. The second kappa shape index (κ2) is 7.37. The number of carbonyl (C=O) groups excluding carboxylic acids is 1. The van der Waals surface area contributed by atoms with E-state index in [1.54, 1.807) is 0 Å². The predicted molar refractivity (Wildman–Crippen MR) is 106 cm³/mol. The molecule has 31 heavy (non-hydrogen) atoms. The van der Waals surface area contributed by atoms with Gasteiger partial charge in [-0.15, -0.1) is 0 Å². The highest BCUT2D eigenvalue weighted by Crippen LogP contribution is 2.66. The van der Waals surface area contributed by atoms with E-state index in [2.05, 4.69) is 5.92 Å². The Balaban J connectivity index is 1.92. The monoisotopic (exact) mass is 466 g/mol. The van der Waals surface area contributed by atoms with E-state index in [0.717, 1.165) is 18.4 Å². The second-order valence-electron chi connectivity index (χ2n) is 10.3. The van der Waals surface area contributed by atoms with Crippen molar-refractivity contribution in [3.05, 3.63) is 11.6 Å². The van der Waals surface area contributed by atoms with Crippen LogP contribution in [0.25, 0.3) is 0 Å². The molecule has 3 rings (SSSR count). The van der Waals surface area contributed by atoms with Crippen molar-refractivity contribution in [2.24, 2.45) is 16.7 Å². The summed E-state index contributed by atoms with van der Waals surface area (Å²) in [4.78, 5) is 12.3. The van der Waals surface area contributed by atoms with Crippen LogP contribution in [0.2, 0.25) is 19.6 Å². The van der Waals surface area contributed by atoms with Crippen molar-refractivity contribution >= 4 is 14.1 Å². The fourth-order valence-corrected chi connectivity index (χ4v) is 6.47. The molecule has 0 heterocycles. The van der Waals surface area contributed by atoms with Gasteiger partial charge in [0, 0.05) is 24.2 Å². The predicted octanol–water partition coefficient (Wildman–Crippen LogP) is 6.58. The van der Waals surface area contributed by atoms with Crippen molar-refractivity contribution in [3.8, 4) is 11.8 Å². The van der Waals surface area contributed by atoms with Crippen LogP contribution in [-0.4, -0.2) is 32.1 Å². The van der Waals surface area contributed by atoms with Gasteiger partial charge in [0.2, 0.25) is 0 Å². The van der Waals surface area contributed by atoms with Crippen LogP contribution < -0.4 is 0 Å². The number of fused-ring (bicyclic) bond motifs is 1. The number of ketones is 1. The van der Waals surface area contributed by atoms with Gasteiger partial charge < -0.3 is 4.43 Å². The first-order valence-corrected chi connectivity index (χ1v) is 14.0. The highest BCUT2D eigenvalue weighted by atomic mass is 28.4. The lowest BCUT2D eigenvalue weighted by atomic mass is 9.62. The molecule has 0 aromatic rings. The summed E-state index contributed by atoms with van der Waals surface area (Å²) < 4.78 is 86.8. The van der Waals surface area contributed by atoms with Crippen LogP contribution >= 0.6 is 0 Å². The van der Waals surface area contributed by atoms with E-state index in [1.807, 2.05) is 13.0 Å². The lowest BCUT2D eigenvalue weighted by Gasteiger charge is -2.40. The van der Waals surface area contributed by atoms with Crippen LogP contribution in [0.1, 0.15) is 51.9 Å². The zero-order valence-electron chi connectivity index (χ0n) is 18.2. The summed E-state index contributed by atoms with van der Waals surface area (Å²) in [6, 6.07) is 0. The first kappa shape index (κ1) is 24.4. The Hall–Kier alpha value is -1.27. The number of rotatable bonds is 4. The molecule has 2 fully saturated rings. The van der Waals surface area contributed by atoms with Crippen LogP contribution in [0.15, 0.2) is 11.6 Å². The largest absolute Gasteiger partial charge is 0.437 e. The molecule has 0 amide bonds. The summed E-state index contributed by atoms with van der Waals surface area (Å²) in [7, 11) is -3.25. The third-order valence-corrected chi connectivity index (χ3v) is 7.74. The molecule has 0 aromatic heterocycles. The van der Waals surface area contributed by atoms with E-state index < -0.39 is 31.7 Å². The maximum absolute atomic E-state index is 13.7. The first-order chi connectivity index (χ1) is 14.0. The Morgan fingerprint density at radius 1 is 1.10 bits per heavy atom. The van der Waals surface area contributed by atoms with Crippen molar-refractivity contribution < 1.29 is 35.6 Å². The maximum atomic E-state index is 13.7. The first-order valence-electron chi connectivity index (χ1n) is 10.6. The fraction of sp³-hybridized carbons (Fsp3) is 0.773. The number of hydrogen-bond donors (Lipinski definition) is 0. The third kappa shape index (κ3) is 4.22. The molecule has 0 radical (unpaired) electrons. The summed E-state index contributed by atoms with van der Waals surface area (Å²) in [6.45, 7) is 5.82. The van der Waals surface area contributed by atoms with Gasteiger partial charge in [0.15, 0.2) is 8.32 Å². The molecular weight excluding hydrogens is 438 g/mol. The molecule has 0 aliphatic heterocycles. The van der Waals surface area contributed by atoms with Crippen molar-refractivity contribution in [2.45, 2.75) is 89.5 Å². The summed E-state index contributed by atoms with van der Waals surface area (Å²) in [5, 5.41) is 0. The van der Waals surface area contributed by atoms with Crippen molar-refractivity contribution in [2.75, 3.05) is 0 Å². The highest BCUT2D eigenvalue weighted by molar-refractivity contribution is 6.69. The zero-order chi connectivity index (χ0) is 23.5. The van der Waals surface area contributed by atoms with E-state index in [-0.39, 0.29) is 23.5 Å². The highest BCUT2D eigenvalue weighted by Gasteiger charge is 2.73. The molecule has 2 nitrogen and oxygen atoms in total. The van der Waals surface area contributed by atoms with Crippen molar-refractivity contribution in [1.82, 2.24) is 0 Å². The Kier molecular flexibility index (Phi) is 5.80. The lowest BCUT2D eigenvalue weighted by molar-refractivity contribution is -0.336. The van der Waals surface area contributed by atoms with Gasteiger partial charge in [0.25, 0.3) is 0 Å². The van der Waals surface area contributed by atoms with E-state index in [0.29, 0.717) is 25.7 Å². The molecule has 0 N–H and O–H groups in total. The molecule has 0 spiro atoms. The second-order valence-corrected chi connectivity index (χ2v) is 14.7. The molecule has 0 bridgehead atoms. The van der Waals surface area contributed by atoms with E-state index >= 15 is 0 Å². The lowest BCUT2D eigenvalue weighted by Crippen LogP contribution is -2.61. The molecule has 2 atom stereocenters. The fourth-order valence-electron chi connectivity index (χ4n) is 5.27. The van der Waals surface area contributed by atoms with Crippen molar-refractivity contribution in [3.63, 3.8) is 0 Å². The van der Waals surface area contributed by atoms with Gasteiger partial charge >= 0.3 is 18.0 Å². The Bertz CT molecular complexity index is 821. The zero-order valence-corrected chi connectivity index (χ0v) is 19.2. The summed E-state index contributed by atoms with van der Waals surface area (Å²) in [6.07, 6.45) is -5.55. The maximum Gasteiger partial charge on any atom is 0.437 e. The molecule has 1 unspecified atom stereocenters. The average Bonchev–Trinajstić information content (AvgIpc) is 3.25. The Morgan fingerprint density at radius 2 is 1.68 bits per heavy atom. The van der Waals surface area contributed by atoms with Crippen LogP contribution in [-0.2, 0) is 9.22 Å². The molecule has 174 valence electrons. The third-order valence-electron chi connectivity index (χ3n) is 6.82. The molecule has 3 aliphatic carbocycles. The molecule has 9 heteroatoms. The minimum Gasteiger partial charge on any atom is -0.388 e. The summed E-state index contributed by atoms with van der Waals surface area (Å²) >= 11 is 0. The van der Waals surface area contributed by atoms with Gasteiger partial charge in [-0.2, -0.15) is 26.3 Å². The number of hydrogen-bond acceptors (Lipinski definition) is 2. The molecular formula is C22H28F6O2Si. The summed E-state index contributed by atoms with van der Waals surface area (Å²) in [5.41, 5.74) is -4.38. The molecule has 2 saturated carbocycles. The van der Waals surface area contributed by atoms with E-state index in [4.69, 9.17) is 4.43 Å². The number of halogens is 6. The minimum absolute atomic E-state index is 0.0989. The van der Waals surface area contributed by atoms with Gasteiger partial charge in [-0.1, -0.05) is 24.5 Å². The molecule has 3 aliphatic rings. The van der Waals surface area contributed by atoms with Gasteiger partial charge in [0.1, 0.15) is 5.78 Å². The number of carbonyl (C=O) groups is 1. The quantitative estimate of drug-likeness (QED) is 0.202. The van der Waals surface area contributed by atoms with E-state index in [9.17, 15) is 31.1 Å². The SMILES string of the molecule is C[C@]12CCCC(=O)C1CC=C2C1(CC#CC(O[Si](C)(C)C)(C(F)(F)F)C(F)(F)F)CC1. The smallest absolute Gasteiger partial charge is 0.388 e. The Labute approximate surface area is 179 Å². The van der Waals surface area contributed by atoms with E-state index in [1.165, 1.54) is 25.6 Å². The van der Waals surface area contributed by atoms with Crippen LogP contribution in [0, 0.1) is 28.6 Å². The standard InChI is InChI=1S/C22H28F6O2Si/c1-18-10-5-7-16(29)15(18)8-9-17(18)19(13-14-19)11-6-12-20(21(23,24)25,22(26,27)28)30-31(2,3)4/h9,15H,5,7-8,10-11,13-14H2,1-4H3/t15?,18-/m0/s1. The average molecular weight is 467 g/mol. The Morgan fingerprint density at radius 3 is 2.16 bits per heavy atom. The number of alkyl halides is 6. The topological polar surface area (TPSA) is 26.3 Å². The van der Waals surface area contributed by atoms with Crippen LogP contribution in [0.3, 0.4) is 0 Å². The van der Waals surface area contributed by atoms with Crippen molar-refractivity contribution in [1.29, 1.82) is 0 Å². The van der Waals surface area contributed by atoms with Crippen LogP contribution in [0.5, 0.6) is 0 Å². The minimum atomic E-state index is -5.71. The number of Topliss-reactive ketones (excluding diaryl/α,β-unsaturated/α-hetero) is 1. The van der Waals surface area contributed by atoms with Gasteiger partial charge in [0.05, 0.1) is 0 Å². The van der Waals surface area contributed by atoms with Gasteiger partial charge in [-0.3, -0.25) is 4.79 Å². The molecule has 0 saturated heterocycles. The van der Waals surface area contributed by atoms with Gasteiger partial charge in [-0.25, -0.2) is 0 Å². The number of allylic oxidation sites excluding steroid dienone is 2.